The molecule has 1 atom stereocenters. The lowest BCUT2D eigenvalue weighted by atomic mass is 10.0. The molecule has 116 valence electrons. The molecule has 1 unspecified atom stereocenters. The normalized spacial score (nSPS) is 19.3. The Labute approximate surface area is 121 Å². The van der Waals surface area contributed by atoms with Gasteiger partial charge in [0, 0.05) is 18.2 Å². The van der Waals surface area contributed by atoms with Crippen molar-refractivity contribution >= 4 is 11.6 Å². The number of hydrogen-bond acceptors (Lipinski definition) is 2. The second-order valence-corrected chi connectivity index (χ2v) is 5.43. The molecule has 2 N–H and O–H groups in total. The van der Waals surface area contributed by atoms with Crippen LogP contribution in [0.3, 0.4) is 0 Å². The Balaban J connectivity index is 2.00. The minimum absolute atomic E-state index is 0.117. The Hall–Kier alpha value is -1.56. The number of amides is 1. The predicted octanol–water partition coefficient (Wildman–Crippen LogP) is 3.48. The number of rotatable bonds is 3. The first-order valence-electron chi connectivity index (χ1n) is 7.07. The van der Waals surface area contributed by atoms with E-state index in [1.165, 1.54) is 19.1 Å². The lowest BCUT2D eigenvalue weighted by Crippen LogP contribution is -2.36. The highest BCUT2D eigenvalue weighted by Gasteiger charge is 2.32. The molecule has 0 aliphatic carbocycles. The van der Waals surface area contributed by atoms with Crippen LogP contribution in [0.1, 0.15) is 36.8 Å². The molecule has 1 aliphatic rings. The fraction of sp³-hybridized carbons (Fsp3) is 0.533. The zero-order valence-electron chi connectivity index (χ0n) is 11.9. The maximum absolute atomic E-state index is 12.8. The molecule has 0 saturated carbocycles. The van der Waals surface area contributed by atoms with Gasteiger partial charge in [0.25, 0.3) is 0 Å². The van der Waals surface area contributed by atoms with Gasteiger partial charge in [-0.05, 0) is 44.0 Å². The van der Waals surface area contributed by atoms with Gasteiger partial charge in [0.2, 0.25) is 5.91 Å². The topological polar surface area (TPSA) is 41.1 Å². The Bertz CT molecular complexity index is 508. The second-order valence-electron chi connectivity index (χ2n) is 5.43. The van der Waals surface area contributed by atoms with Crippen molar-refractivity contribution in [2.45, 2.75) is 44.8 Å². The van der Waals surface area contributed by atoms with Crippen LogP contribution in [0, 0.1) is 6.92 Å². The van der Waals surface area contributed by atoms with Gasteiger partial charge in [0.15, 0.2) is 0 Å². The van der Waals surface area contributed by atoms with Crippen LogP contribution in [0.2, 0.25) is 0 Å². The predicted molar refractivity (Wildman–Crippen MR) is 75.1 cm³/mol. The summed E-state index contributed by atoms with van der Waals surface area (Å²) in [6, 6.07) is 3.97. The summed E-state index contributed by atoms with van der Waals surface area (Å²) < 4.78 is 38.4. The van der Waals surface area contributed by atoms with Crippen molar-refractivity contribution < 1.29 is 18.0 Å². The van der Waals surface area contributed by atoms with E-state index in [9.17, 15) is 18.0 Å². The summed E-state index contributed by atoms with van der Waals surface area (Å²) in [5.41, 5.74) is -0.376. The third-order valence-electron chi connectivity index (χ3n) is 3.67. The fourth-order valence-electron chi connectivity index (χ4n) is 2.54. The molecule has 2 rings (SSSR count). The lowest BCUT2D eigenvalue weighted by Gasteiger charge is -2.23. The maximum atomic E-state index is 12.8. The van der Waals surface area contributed by atoms with Gasteiger partial charge < -0.3 is 10.6 Å². The van der Waals surface area contributed by atoms with E-state index in [2.05, 4.69) is 10.6 Å². The Kier molecular flexibility index (Phi) is 4.88. The van der Waals surface area contributed by atoms with Crippen molar-refractivity contribution in [3.8, 4) is 0 Å². The summed E-state index contributed by atoms with van der Waals surface area (Å²) in [4.78, 5) is 11.9. The molecule has 0 bridgehead atoms. The van der Waals surface area contributed by atoms with Crippen LogP contribution >= 0.6 is 0 Å². The Morgan fingerprint density at radius 3 is 2.76 bits per heavy atom. The number of alkyl halides is 3. The highest BCUT2D eigenvalue weighted by molar-refractivity contribution is 5.91. The number of nitrogens with one attached hydrogen (secondary N) is 2. The largest absolute Gasteiger partial charge is 0.416 e. The molecule has 1 amide bonds. The molecule has 0 aromatic heterocycles. The quantitative estimate of drug-likeness (QED) is 0.897. The highest BCUT2D eigenvalue weighted by atomic mass is 19.4. The van der Waals surface area contributed by atoms with Crippen LogP contribution in [0.5, 0.6) is 0 Å². The number of anilines is 1. The van der Waals surface area contributed by atoms with E-state index in [0.29, 0.717) is 0 Å². The fourth-order valence-corrected chi connectivity index (χ4v) is 2.54. The van der Waals surface area contributed by atoms with Gasteiger partial charge in [-0.15, -0.1) is 0 Å². The second kappa shape index (κ2) is 6.47. The SMILES string of the molecule is Cc1ccc(NC(=O)CC2CCCCN2)cc1C(F)(F)F. The van der Waals surface area contributed by atoms with Gasteiger partial charge >= 0.3 is 6.18 Å². The van der Waals surface area contributed by atoms with Gasteiger partial charge in [0.05, 0.1) is 5.56 Å². The molecule has 6 heteroatoms. The molecule has 1 fully saturated rings. The van der Waals surface area contributed by atoms with Crippen LogP contribution in [0.4, 0.5) is 18.9 Å². The first-order chi connectivity index (χ1) is 9.86. The van der Waals surface area contributed by atoms with Gasteiger partial charge in [-0.3, -0.25) is 4.79 Å². The monoisotopic (exact) mass is 300 g/mol. The van der Waals surface area contributed by atoms with Crippen molar-refractivity contribution in [2.75, 3.05) is 11.9 Å². The molecule has 3 nitrogen and oxygen atoms in total. The maximum Gasteiger partial charge on any atom is 0.416 e. The van der Waals surface area contributed by atoms with Crippen molar-refractivity contribution in [3.05, 3.63) is 29.3 Å². The number of halogens is 3. The van der Waals surface area contributed by atoms with Crippen molar-refractivity contribution in [2.24, 2.45) is 0 Å². The number of aryl methyl sites for hydroxylation is 1. The lowest BCUT2D eigenvalue weighted by molar-refractivity contribution is -0.138. The van der Waals surface area contributed by atoms with Crippen LogP contribution in [-0.4, -0.2) is 18.5 Å². The summed E-state index contributed by atoms with van der Waals surface area (Å²) in [6.07, 6.45) is -1.02. The molecule has 1 heterocycles. The van der Waals surface area contributed by atoms with Crippen molar-refractivity contribution in [1.29, 1.82) is 0 Å². The molecular weight excluding hydrogens is 281 g/mol. The molecule has 1 aromatic carbocycles. The molecule has 1 saturated heterocycles. The van der Waals surface area contributed by atoms with E-state index in [4.69, 9.17) is 0 Å². The molecule has 0 spiro atoms. The number of hydrogen-bond donors (Lipinski definition) is 2. The smallest absolute Gasteiger partial charge is 0.326 e. The minimum atomic E-state index is -4.41. The standard InChI is InChI=1S/C15H19F3N2O/c1-10-5-6-12(8-13(10)15(16,17)18)20-14(21)9-11-4-2-3-7-19-11/h5-6,8,11,19H,2-4,7,9H2,1H3,(H,20,21). The van der Waals surface area contributed by atoms with Gasteiger partial charge in [-0.25, -0.2) is 0 Å². The number of piperidine rings is 1. The summed E-state index contributed by atoms with van der Waals surface area (Å²) in [7, 11) is 0. The first kappa shape index (κ1) is 15.8. The average Bonchev–Trinajstić information content (AvgIpc) is 2.41. The molecular formula is C15H19F3N2O. The van der Waals surface area contributed by atoms with E-state index in [1.54, 1.807) is 0 Å². The summed E-state index contributed by atoms with van der Waals surface area (Å²) in [5.74, 6) is -0.258. The van der Waals surface area contributed by atoms with Crippen molar-refractivity contribution in [3.63, 3.8) is 0 Å². The molecule has 21 heavy (non-hydrogen) atoms. The third-order valence-corrected chi connectivity index (χ3v) is 3.67. The van der Waals surface area contributed by atoms with Crippen LogP contribution in [0.15, 0.2) is 18.2 Å². The Morgan fingerprint density at radius 1 is 1.38 bits per heavy atom. The van der Waals surface area contributed by atoms with Crippen LogP contribution in [0.25, 0.3) is 0 Å². The minimum Gasteiger partial charge on any atom is -0.326 e. The van der Waals surface area contributed by atoms with Gasteiger partial charge in [-0.1, -0.05) is 12.5 Å². The molecule has 1 aromatic rings. The number of benzene rings is 1. The summed E-state index contributed by atoms with van der Waals surface area (Å²) in [5, 5.41) is 5.79. The van der Waals surface area contributed by atoms with E-state index in [-0.39, 0.29) is 29.6 Å². The summed E-state index contributed by atoms with van der Waals surface area (Å²) >= 11 is 0. The zero-order chi connectivity index (χ0) is 15.5. The van der Waals surface area contributed by atoms with Crippen LogP contribution in [-0.2, 0) is 11.0 Å². The van der Waals surface area contributed by atoms with E-state index in [0.717, 1.165) is 31.9 Å². The van der Waals surface area contributed by atoms with E-state index >= 15 is 0 Å². The molecule has 0 radical (unpaired) electrons. The average molecular weight is 300 g/mol. The number of carbonyl (C=O) groups excluding carboxylic acids is 1. The van der Waals surface area contributed by atoms with E-state index < -0.39 is 11.7 Å². The zero-order valence-corrected chi connectivity index (χ0v) is 11.9. The molecule has 1 aliphatic heterocycles. The first-order valence-corrected chi connectivity index (χ1v) is 7.07. The summed E-state index contributed by atoms with van der Waals surface area (Å²) in [6.45, 7) is 2.29. The van der Waals surface area contributed by atoms with Gasteiger partial charge in [0.1, 0.15) is 0 Å². The van der Waals surface area contributed by atoms with Gasteiger partial charge in [-0.2, -0.15) is 13.2 Å². The van der Waals surface area contributed by atoms with Crippen LogP contribution < -0.4 is 10.6 Å². The Morgan fingerprint density at radius 2 is 2.14 bits per heavy atom. The van der Waals surface area contributed by atoms with E-state index in [1.807, 2.05) is 0 Å². The highest BCUT2D eigenvalue weighted by Crippen LogP contribution is 2.33. The number of carbonyl (C=O) groups is 1. The third kappa shape index (κ3) is 4.46. The van der Waals surface area contributed by atoms with Crippen molar-refractivity contribution in [1.82, 2.24) is 5.32 Å².